The Kier molecular flexibility index (Phi) is 3.02. The molecular weight excluding hydrogens is 247 g/mol. The maximum Gasteiger partial charge on any atom is 0.488 e. The van der Waals surface area contributed by atoms with E-state index in [9.17, 15) is 18.0 Å². The fourth-order valence-electron chi connectivity index (χ4n) is 1.82. The Hall–Kier alpha value is -1.98. The quantitative estimate of drug-likeness (QED) is 0.572. The summed E-state index contributed by atoms with van der Waals surface area (Å²) in [6.07, 6.45) is -1.73. The number of benzene rings is 1. The molecule has 0 spiro atoms. The van der Waals surface area contributed by atoms with Gasteiger partial charge in [-0.15, -0.1) is 13.2 Å². The highest BCUT2D eigenvalue weighted by molar-refractivity contribution is 5.90. The van der Waals surface area contributed by atoms with Crippen LogP contribution in [0.3, 0.4) is 0 Å². The van der Waals surface area contributed by atoms with Gasteiger partial charge >= 0.3 is 12.3 Å². The lowest BCUT2D eigenvalue weighted by molar-refractivity contribution is -0.122. The predicted molar refractivity (Wildman–Crippen MR) is 59.2 cm³/mol. The van der Waals surface area contributed by atoms with Gasteiger partial charge in [-0.1, -0.05) is 6.08 Å². The molecule has 96 valence electrons. The van der Waals surface area contributed by atoms with E-state index in [1.165, 1.54) is 31.4 Å². The number of carbonyl (C=O) groups excluding carboxylic acids is 1. The number of alkyl halides is 3. The normalized spacial score (nSPS) is 14.3. The Labute approximate surface area is 101 Å². The summed E-state index contributed by atoms with van der Waals surface area (Å²) in [4.78, 5) is 11.5. The van der Waals surface area contributed by atoms with Crippen molar-refractivity contribution < 1.29 is 22.7 Å². The van der Waals surface area contributed by atoms with Gasteiger partial charge in [-0.2, -0.15) is 0 Å². The third-order valence-electron chi connectivity index (χ3n) is 2.63. The summed E-state index contributed by atoms with van der Waals surface area (Å²) in [5.74, 6) is -0.564. The summed E-state index contributed by atoms with van der Waals surface area (Å²) < 4.78 is 42.7. The van der Waals surface area contributed by atoms with Crippen LogP contribution in [0.4, 0.5) is 18.9 Å². The summed E-state index contributed by atoms with van der Waals surface area (Å²) >= 11 is 0. The Morgan fingerprint density at radius 3 is 2.72 bits per heavy atom. The van der Waals surface area contributed by atoms with Crippen molar-refractivity contribution in [2.24, 2.45) is 0 Å². The molecule has 1 aliphatic rings. The van der Waals surface area contributed by atoms with E-state index in [-0.39, 0.29) is 16.2 Å². The van der Waals surface area contributed by atoms with Crippen LogP contribution in [0.1, 0.15) is 15.9 Å². The highest BCUT2D eigenvalue weighted by Crippen LogP contribution is 2.35. The number of esters is 1. The molecule has 0 saturated carbocycles. The lowest BCUT2D eigenvalue weighted by atomic mass is 10.0. The average Bonchev–Trinajstić information content (AvgIpc) is 2.35. The van der Waals surface area contributed by atoms with E-state index >= 15 is 0 Å². The molecule has 0 aliphatic carbocycles. The van der Waals surface area contributed by atoms with Crippen LogP contribution in [-0.4, -0.2) is 19.4 Å². The second-order valence-electron chi connectivity index (χ2n) is 3.76. The van der Waals surface area contributed by atoms with Crippen molar-refractivity contribution in [2.75, 3.05) is 12.0 Å². The van der Waals surface area contributed by atoms with Gasteiger partial charge in [-0.3, -0.25) is 4.90 Å². The zero-order valence-corrected chi connectivity index (χ0v) is 9.49. The second kappa shape index (κ2) is 4.36. The third kappa shape index (κ3) is 2.18. The van der Waals surface area contributed by atoms with Crippen molar-refractivity contribution in [3.05, 3.63) is 41.6 Å². The van der Waals surface area contributed by atoms with Gasteiger partial charge in [0.05, 0.1) is 18.4 Å². The van der Waals surface area contributed by atoms with E-state index in [1.807, 2.05) is 0 Å². The first kappa shape index (κ1) is 12.5. The number of halogens is 3. The number of methoxy groups -OCH3 is 1. The molecule has 1 aromatic carbocycles. The van der Waals surface area contributed by atoms with Crippen LogP contribution >= 0.6 is 0 Å². The Bertz CT molecular complexity index is 509. The van der Waals surface area contributed by atoms with Gasteiger partial charge in [0.2, 0.25) is 0 Å². The molecule has 0 amide bonds. The van der Waals surface area contributed by atoms with Crippen LogP contribution in [0.15, 0.2) is 30.5 Å². The maximum atomic E-state index is 12.7. The number of rotatable bonds is 1. The van der Waals surface area contributed by atoms with Crippen LogP contribution in [0, 0.1) is 0 Å². The molecule has 1 aromatic rings. The van der Waals surface area contributed by atoms with Crippen LogP contribution in [0.2, 0.25) is 0 Å². The van der Waals surface area contributed by atoms with Crippen LogP contribution in [-0.2, 0) is 11.2 Å². The molecule has 1 heterocycles. The predicted octanol–water partition coefficient (Wildman–Crippen LogP) is 2.87. The van der Waals surface area contributed by atoms with E-state index < -0.39 is 12.3 Å². The largest absolute Gasteiger partial charge is 0.488 e. The van der Waals surface area contributed by atoms with Crippen molar-refractivity contribution in [3.63, 3.8) is 0 Å². The molecule has 0 atom stereocenters. The highest BCUT2D eigenvalue weighted by atomic mass is 19.4. The molecular formula is C12H10F3NO2. The summed E-state index contributed by atoms with van der Waals surface area (Å²) in [7, 11) is 1.23. The van der Waals surface area contributed by atoms with Crippen molar-refractivity contribution in [2.45, 2.75) is 12.7 Å². The van der Waals surface area contributed by atoms with Gasteiger partial charge in [0, 0.05) is 6.20 Å². The fourth-order valence-corrected chi connectivity index (χ4v) is 1.82. The zero-order chi connectivity index (χ0) is 13.3. The van der Waals surface area contributed by atoms with Crippen molar-refractivity contribution >= 4 is 11.7 Å². The van der Waals surface area contributed by atoms with Gasteiger partial charge < -0.3 is 4.74 Å². The van der Waals surface area contributed by atoms with Gasteiger partial charge in [-0.25, -0.2) is 4.79 Å². The molecule has 0 bridgehead atoms. The van der Waals surface area contributed by atoms with Crippen molar-refractivity contribution in [1.29, 1.82) is 0 Å². The Morgan fingerprint density at radius 1 is 1.39 bits per heavy atom. The number of anilines is 1. The molecule has 6 heteroatoms. The Morgan fingerprint density at radius 2 is 2.11 bits per heavy atom. The molecule has 1 aliphatic heterocycles. The van der Waals surface area contributed by atoms with Gasteiger partial charge in [-0.05, 0) is 30.2 Å². The summed E-state index contributed by atoms with van der Waals surface area (Å²) in [5, 5.41) is 0. The van der Waals surface area contributed by atoms with Crippen LogP contribution in [0.25, 0.3) is 0 Å². The Balaban J connectivity index is 2.42. The molecule has 0 N–H and O–H groups in total. The van der Waals surface area contributed by atoms with Crippen LogP contribution in [0.5, 0.6) is 0 Å². The van der Waals surface area contributed by atoms with E-state index in [2.05, 4.69) is 4.74 Å². The van der Waals surface area contributed by atoms with Gasteiger partial charge in [0.1, 0.15) is 0 Å². The summed E-state index contributed by atoms with van der Waals surface area (Å²) in [5.41, 5.74) is 0.726. The van der Waals surface area contributed by atoms with E-state index in [0.717, 1.165) is 6.20 Å². The minimum Gasteiger partial charge on any atom is -0.465 e. The van der Waals surface area contributed by atoms with E-state index in [1.54, 1.807) is 0 Å². The molecule has 0 saturated heterocycles. The number of fused-ring (bicyclic) bond motifs is 1. The van der Waals surface area contributed by atoms with Crippen molar-refractivity contribution in [3.8, 4) is 0 Å². The minimum absolute atomic E-state index is 0.0395. The lowest BCUT2D eigenvalue weighted by Crippen LogP contribution is -2.35. The lowest BCUT2D eigenvalue weighted by Gasteiger charge is -2.28. The summed E-state index contributed by atoms with van der Waals surface area (Å²) in [6, 6.07) is 4.02. The topological polar surface area (TPSA) is 29.5 Å². The number of carbonyl (C=O) groups is 1. The first-order valence-electron chi connectivity index (χ1n) is 5.17. The minimum atomic E-state index is -4.47. The molecule has 18 heavy (non-hydrogen) atoms. The molecule has 0 radical (unpaired) electrons. The van der Waals surface area contributed by atoms with Crippen molar-refractivity contribution in [1.82, 2.24) is 0 Å². The number of hydrogen-bond donors (Lipinski definition) is 0. The fraction of sp³-hybridized carbons (Fsp3) is 0.250. The first-order valence-corrected chi connectivity index (χ1v) is 5.17. The standard InChI is InChI=1S/C12H10F3NO2/c1-18-11(17)9-4-5-10-8(7-9)3-2-6-16(10)12(13,14)15/h2,4-7H,3H2,1H3. The molecule has 0 unspecified atom stereocenters. The smallest absolute Gasteiger partial charge is 0.465 e. The van der Waals surface area contributed by atoms with E-state index in [4.69, 9.17) is 0 Å². The monoisotopic (exact) mass is 257 g/mol. The molecule has 3 nitrogen and oxygen atoms in total. The highest BCUT2D eigenvalue weighted by Gasteiger charge is 2.38. The van der Waals surface area contributed by atoms with E-state index in [0.29, 0.717) is 12.0 Å². The first-order chi connectivity index (χ1) is 8.43. The summed E-state index contributed by atoms with van der Waals surface area (Å²) in [6.45, 7) is 0. The average molecular weight is 257 g/mol. The molecule has 2 rings (SSSR count). The third-order valence-corrected chi connectivity index (χ3v) is 2.63. The number of nitrogens with zero attached hydrogens (tertiary/aromatic N) is 1. The maximum absolute atomic E-state index is 12.7. The number of ether oxygens (including phenoxy) is 1. The van der Waals surface area contributed by atoms with Gasteiger partial charge in [0.15, 0.2) is 0 Å². The SMILES string of the molecule is COC(=O)c1ccc2c(c1)CC=CN2C(F)(F)F. The number of hydrogen-bond acceptors (Lipinski definition) is 3. The zero-order valence-electron chi connectivity index (χ0n) is 9.49. The number of allylic oxidation sites excluding steroid dienone is 1. The van der Waals surface area contributed by atoms with Gasteiger partial charge in [0.25, 0.3) is 0 Å². The molecule has 0 fully saturated rings. The van der Waals surface area contributed by atoms with Crippen LogP contribution < -0.4 is 4.90 Å². The second-order valence-corrected chi connectivity index (χ2v) is 3.76. The molecule has 0 aromatic heterocycles.